The van der Waals surface area contributed by atoms with Crippen molar-refractivity contribution in [2.75, 3.05) is 0 Å². The van der Waals surface area contributed by atoms with Gasteiger partial charge in [0.05, 0.1) is 4.90 Å². The van der Waals surface area contributed by atoms with E-state index in [-0.39, 0.29) is 4.90 Å². The monoisotopic (exact) mass is 336 g/mol. The molecule has 0 bridgehead atoms. The van der Waals surface area contributed by atoms with E-state index in [2.05, 4.69) is 0 Å². The molecule has 0 saturated heterocycles. The zero-order chi connectivity index (χ0) is 14.0. The zero-order valence-corrected chi connectivity index (χ0v) is 12.4. The molecule has 2 rings (SSSR count). The van der Waals surface area contributed by atoms with Crippen molar-refractivity contribution in [1.29, 1.82) is 0 Å². The Labute approximate surface area is 125 Å². The number of benzene rings is 2. The Morgan fingerprint density at radius 1 is 0.895 bits per heavy atom. The first-order chi connectivity index (χ1) is 8.84. The second kappa shape index (κ2) is 5.59. The van der Waals surface area contributed by atoms with E-state index in [9.17, 15) is 8.42 Å². The van der Waals surface area contributed by atoms with E-state index in [1.807, 2.05) is 0 Å². The average Bonchev–Trinajstić information content (AvgIpc) is 2.26. The minimum atomic E-state index is -3.79. The molecular weight excluding hydrogens is 331 g/mol. The van der Waals surface area contributed by atoms with Gasteiger partial charge in [0.2, 0.25) is 0 Å². The first kappa shape index (κ1) is 14.5. The molecular formula is C12H7Cl3O3S. The van der Waals surface area contributed by atoms with Gasteiger partial charge in [-0.2, -0.15) is 0 Å². The molecule has 19 heavy (non-hydrogen) atoms. The maximum atomic E-state index is 11.2. The van der Waals surface area contributed by atoms with Gasteiger partial charge in [-0.15, -0.1) is 0 Å². The summed E-state index contributed by atoms with van der Waals surface area (Å²) in [6.07, 6.45) is 0. The summed E-state index contributed by atoms with van der Waals surface area (Å²) in [5.41, 5.74) is 0. The van der Waals surface area contributed by atoms with Crippen LogP contribution >= 0.6 is 33.9 Å². The van der Waals surface area contributed by atoms with Gasteiger partial charge in [-0.25, -0.2) is 8.42 Å². The number of hydrogen-bond donors (Lipinski definition) is 0. The third-order valence-electron chi connectivity index (χ3n) is 2.16. The summed E-state index contributed by atoms with van der Waals surface area (Å²) < 4.78 is 27.9. The second-order valence-corrected chi connectivity index (χ2v) is 7.06. The van der Waals surface area contributed by atoms with Crippen LogP contribution in [0, 0.1) is 0 Å². The van der Waals surface area contributed by atoms with Crippen LogP contribution in [-0.4, -0.2) is 8.42 Å². The molecule has 0 N–H and O–H groups in total. The molecule has 0 radical (unpaired) electrons. The van der Waals surface area contributed by atoms with E-state index >= 15 is 0 Å². The molecule has 3 nitrogen and oxygen atoms in total. The van der Waals surface area contributed by atoms with Gasteiger partial charge in [0.25, 0.3) is 9.05 Å². The molecule has 0 amide bonds. The van der Waals surface area contributed by atoms with Crippen LogP contribution in [0.5, 0.6) is 11.5 Å². The molecule has 0 aliphatic rings. The van der Waals surface area contributed by atoms with Crippen LogP contribution in [-0.2, 0) is 9.05 Å². The molecule has 100 valence electrons. The number of hydrogen-bond acceptors (Lipinski definition) is 3. The van der Waals surface area contributed by atoms with Crippen molar-refractivity contribution in [3.63, 3.8) is 0 Å². The molecule has 0 aromatic heterocycles. The summed E-state index contributed by atoms with van der Waals surface area (Å²) in [7, 11) is 1.46. The zero-order valence-electron chi connectivity index (χ0n) is 9.31. The Kier molecular flexibility index (Phi) is 4.26. The van der Waals surface area contributed by atoms with E-state index in [0.717, 1.165) is 0 Å². The molecule has 0 aliphatic carbocycles. The molecule has 0 saturated carbocycles. The van der Waals surface area contributed by atoms with Gasteiger partial charge in [-0.3, -0.25) is 0 Å². The fraction of sp³-hybridized carbons (Fsp3) is 0. The Bertz CT molecular complexity index is 694. The first-order valence-corrected chi connectivity index (χ1v) is 8.10. The fourth-order valence-electron chi connectivity index (χ4n) is 1.41. The van der Waals surface area contributed by atoms with Gasteiger partial charge in [0.1, 0.15) is 11.5 Å². The summed E-state index contributed by atoms with van der Waals surface area (Å²) in [5, 5.41) is 0.840. The minimum absolute atomic E-state index is 0.0419. The Balaban J connectivity index is 2.33. The van der Waals surface area contributed by atoms with E-state index in [4.69, 9.17) is 38.6 Å². The Morgan fingerprint density at radius 3 is 2.11 bits per heavy atom. The van der Waals surface area contributed by atoms with Crippen LogP contribution < -0.4 is 4.74 Å². The third kappa shape index (κ3) is 4.01. The number of ether oxygens (including phenoxy) is 1. The van der Waals surface area contributed by atoms with Crippen molar-refractivity contribution < 1.29 is 13.2 Å². The van der Waals surface area contributed by atoms with Crippen molar-refractivity contribution in [1.82, 2.24) is 0 Å². The van der Waals surface area contributed by atoms with Gasteiger partial charge in [0, 0.05) is 26.8 Å². The van der Waals surface area contributed by atoms with Crippen LogP contribution in [0.3, 0.4) is 0 Å². The number of halogens is 3. The van der Waals surface area contributed by atoms with Gasteiger partial charge in [-0.1, -0.05) is 29.3 Å². The topological polar surface area (TPSA) is 43.4 Å². The van der Waals surface area contributed by atoms with Crippen molar-refractivity contribution in [3.05, 3.63) is 52.5 Å². The van der Waals surface area contributed by atoms with E-state index in [1.54, 1.807) is 24.3 Å². The lowest BCUT2D eigenvalue weighted by molar-refractivity contribution is 0.481. The highest BCUT2D eigenvalue weighted by molar-refractivity contribution is 8.13. The first-order valence-electron chi connectivity index (χ1n) is 5.03. The van der Waals surface area contributed by atoms with Crippen molar-refractivity contribution >= 4 is 42.9 Å². The lowest BCUT2D eigenvalue weighted by Gasteiger charge is -2.07. The van der Waals surface area contributed by atoms with Crippen molar-refractivity contribution in [3.8, 4) is 11.5 Å². The Hall–Kier alpha value is -0.940. The summed E-state index contributed by atoms with van der Waals surface area (Å²) in [5.74, 6) is 0.724. The van der Waals surface area contributed by atoms with Crippen LogP contribution in [0.15, 0.2) is 47.4 Å². The fourth-order valence-corrected chi connectivity index (χ4v) is 2.70. The van der Waals surface area contributed by atoms with Crippen LogP contribution in [0.25, 0.3) is 0 Å². The second-order valence-electron chi connectivity index (χ2n) is 3.62. The van der Waals surface area contributed by atoms with Crippen molar-refractivity contribution in [2.45, 2.75) is 4.90 Å². The SMILES string of the molecule is O=S(=O)(Cl)c1cccc(Oc2cc(Cl)cc(Cl)c2)c1. The molecule has 0 aliphatic heterocycles. The summed E-state index contributed by atoms with van der Waals surface area (Å²) in [4.78, 5) is -0.0419. The lowest BCUT2D eigenvalue weighted by atomic mass is 10.3. The van der Waals surface area contributed by atoms with E-state index < -0.39 is 9.05 Å². The molecule has 2 aromatic rings. The van der Waals surface area contributed by atoms with Gasteiger partial charge < -0.3 is 4.74 Å². The van der Waals surface area contributed by atoms with E-state index in [0.29, 0.717) is 21.5 Å². The highest BCUT2D eigenvalue weighted by Crippen LogP contribution is 2.29. The highest BCUT2D eigenvalue weighted by Gasteiger charge is 2.11. The lowest BCUT2D eigenvalue weighted by Crippen LogP contribution is -1.91. The minimum Gasteiger partial charge on any atom is -0.457 e. The molecule has 0 unspecified atom stereocenters. The van der Waals surface area contributed by atoms with Crippen molar-refractivity contribution in [2.24, 2.45) is 0 Å². The van der Waals surface area contributed by atoms with Crippen LogP contribution in [0.1, 0.15) is 0 Å². The average molecular weight is 338 g/mol. The van der Waals surface area contributed by atoms with Gasteiger partial charge in [-0.05, 0) is 30.3 Å². The number of rotatable bonds is 3. The predicted molar refractivity (Wildman–Crippen MR) is 76.0 cm³/mol. The summed E-state index contributed by atoms with van der Waals surface area (Å²) >= 11 is 11.7. The molecule has 2 aromatic carbocycles. The normalized spacial score (nSPS) is 11.3. The quantitative estimate of drug-likeness (QED) is 0.762. The molecule has 0 atom stereocenters. The van der Waals surface area contributed by atoms with Crippen LogP contribution in [0.4, 0.5) is 0 Å². The van der Waals surface area contributed by atoms with Crippen LogP contribution in [0.2, 0.25) is 10.0 Å². The van der Waals surface area contributed by atoms with Gasteiger partial charge >= 0.3 is 0 Å². The van der Waals surface area contributed by atoms with E-state index in [1.165, 1.54) is 18.2 Å². The maximum Gasteiger partial charge on any atom is 0.261 e. The highest BCUT2D eigenvalue weighted by atomic mass is 35.7. The summed E-state index contributed by atoms with van der Waals surface area (Å²) in [6.45, 7) is 0. The predicted octanol–water partition coefficient (Wildman–Crippen LogP) is 4.71. The standard InChI is InChI=1S/C12H7Cl3O3S/c13-8-4-9(14)6-11(5-8)18-10-2-1-3-12(7-10)19(15,16)17/h1-7H. The Morgan fingerprint density at radius 2 is 1.53 bits per heavy atom. The molecule has 7 heteroatoms. The summed E-state index contributed by atoms with van der Waals surface area (Å²) in [6, 6.07) is 10.5. The third-order valence-corrected chi connectivity index (χ3v) is 3.95. The van der Waals surface area contributed by atoms with Gasteiger partial charge in [0.15, 0.2) is 0 Å². The molecule has 0 spiro atoms. The molecule has 0 heterocycles. The maximum absolute atomic E-state index is 11.2. The largest absolute Gasteiger partial charge is 0.457 e. The smallest absolute Gasteiger partial charge is 0.261 e. The molecule has 0 fully saturated rings.